The molecule has 0 saturated carbocycles. The Morgan fingerprint density at radius 2 is 1.95 bits per heavy atom. The van der Waals surface area contributed by atoms with E-state index in [1.54, 1.807) is 32.9 Å². The van der Waals surface area contributed by atoms with Crippen LogP contribution < -0.4 is 0 Å². The molecule has 0 radical (unpaired) electrons. The van der Waals surface area contributed by atoms with Crippen molar-refractivity contribution < 1.29 is 18.7 Å². The van der Waals surface area contributed by atoms with Crippen LogP contribution in [0.5, 0.6) is 0 Å². The Balaban J connectivity index is 2.01. The molecule has 5 heteroatoms. The van der Waals surface area contributed by atoms with Crippen molar-refractivity contribution >= 4 is 12.0 Å². The lowest BCUT2D eigenvalue weighted by Gasteiger charge is -2.39. The highest BCUT2D eigenvalue weighted by Gasteiger charge is 2.42. The minimum absolute atomic E-state index is 0.206. The molecule has 1 aliphatic heterocycles. The Bertz CT molecular complexity index is 519. The third-order valence-electron chi connectivity index (χ3n) is 3.02. The molecule has 0 aromatic heterocycles. The number of likely N-dealkylation sites (tertiary alicyclic amines) is 1. The van der Waals surface area contributed by atoms with Crippen LogP contribution in [0.15, 0.2) is 24.3 Å². The van der Waals surface area contributed by atoms with Crippen molar-refractivity contribution in [2.75, 3.05) is 0 Å². The van der Waals surface area contributed by atoms with Crippen molar-refractivity contribution in [3.8, 4) is 0 Å². The highest BCUT2D eigenvalue weighted by atomic mass is 19.1. The van der Waals surface area contributed by atoms with Crippen molar-refractivity contribution in [3.63, 3.8) is 0 Å². The molecule has 0 bridgehead atoms. The third kappa shape index (κ3) is 3.35. The van der Waals surface area contributed by atoms with Crippen LogP contribution in [0.3, 0.4) is 0 Å². The third-order valence-corrected chi connectivity index (χ3v) is 3.02. The molecular weight excluding hydrogens is 261 g/mol. The first kappa shape index (κ1) is 14.5. The van der Waals surface area contributed by atoms with Gasteiger partial charge in [-0.2, -0.15) is 0 Å². The van der Waals surface area contributed by atoms with Crippen LogP contribution in [0.1, 0.15) is 32.8 Å². The van der Waals surface area contributed by atoms with Gasteiger partial charge in [0.05, 0.1) is 6.04 Å². The van der Waals surface area contributed by atoms with Crippen LogP contribution in [-0.2, 0) is 16.0 Å². The van der Waals surface area contributed by atoms with Crippen molar-refractivity contribution in [2.24, 2.45) is 0 Å². The van der Waals surface area contributed by atoms with Crippen molar-refractivity contribution in [1.82, 2.24) is 4.90 Å². The number of rotatable bonds is 2. The van der Waals surface area contributed by atoms with E-state index in [1.165, 1.54) is 12.1 Å². The molecular formula is C15H18FNO3. The van der Waals surface area contributed by atoms with Crippen LogP contribution in [0, 0.1) is 5.82 Å². The Labute approximate surface area is 117 Å². The van der Waals surface area contributed by atoms with E-state index in [9.17, 15) is 14.0 Å². The van der Waals surface area contributed by atoms with Gasteiger partial charge in [-0.25, -0.2) is 14.1 Å². The lowest BCUT2D eigenvalue weighted by molar-refractivity contribution is -0.143. The second kappa shape index (κ2) is 5.23. The second-order valence-electron chi connectivity index (χ2n) is 5.93. The fourth-order valence-electron chi connectivity index (χ4n) is 2.10. The fraction of sp³-hybridized carbons (Fsp3) is 0.467. The molecule has 1 atom stereocenters. The van der Waals surface area contributed by atoms with Gasteiger partial charge in [0.1, 0.15) is 11.4 Å². The molecule has 20 heavy (non-hydrogen) atoms. The fourth-order valence-corrected chi connectivity index (χ4v) is 2.10. The zero-order valence-electron chi connectivity index (χ0n) is 11.9. The Morgan fingerprint density at radius 1 is 1.35 bits per heavy atom. The van der Waals surface area contributed by atoms with E-state index in [1.807, 2.05) is 0 Å². The molecule has 0 N–H and O–H groups in total. The van der Waals surface area contributed by atoms with Gasteiger partial charge in [0, 0.05) is 6.42 Å². The zero-order chi connectivity index (χ0) is 14.9. The summed E-state index contributed by atoms with van der Waals surface area (Å²) in [6.07, 6.45) is 0.225. The second-order valence-corrected chi connectivity index (χ2v) is 5.93. The van der Waals surface area contributed by atoms with Gasteiger partial charge in [-0.15, -0.1) is 0 Å². The number of β-lactam (4-membered cyclic amide) rings is 1. The first-order valence-electron chi connectivity index (χ1n) is 6.56. The molecule has 1 heterocycles. The number of carbonyl (C=O) groups excluding carboxylic acids is 2. The lowest BCUT2D eigenvalue weighted by Crippen LogP contribution is -2.57. The Hall–Kier alpha value is -1.91. The molecule has 2 amide bonds. The SMILES string of the molecule is CC(C)(C)OC(=O)N1C(=O)C[C@@H]1Cc1ccc(F)cc1. The molecule has 0 aliphatic carbocycles. The number of amides is 2. The number of hydrogen-bond donors (Lipinski definition) is 0. The number of imide groups is 1. The minimum Gasteiger partial charge on any atom is -0.443 e. The van der Waals surface area contributed by atoms with Crippen LogP contribution >= 0.6 is 0 Å². The summed E-state index contributed by atoms with van der Waals surface area (Å²) in [6, 6.07) is 5.85. The van der Waals surface area contributed by atoms with Gasteiger partial charge < -0.3 is 4.74 Å². The summed E-state index contributed by atoms with van der Waals surface area (Å²) in [7, 11) is 0. The minimum atomic E-state index is -0.632. The number of carbonyl (C=O) groups is 2. The standard InChI is InChI=1S/C15H18FNO3/c1-15(2,3)20-14(19)17-12(9-13(17)18)8-10-4-6-11(16)7-5-10/h4-7,12H,8-9H2,1-3H3/t12-/m0/s1. The van der Waals surface area contributed by atoms with Gasteiger partial charge in [0.15, 0.2) is 0 Å². The summed E-state index contributed by atoms with van der Waals surface area (Å²) in [5, 5.41) is 0. The molecule has 4 nitrogen and oxygen atoms in total. The average molecular weight is 279 g/mol. The van der Waals surface area contributed by atoms with Crippen LogP contribution in [0.25, 0.3) is 0 Å². The summed E-state index contributed by atoms with van der Waals surface area (Å²) in [5.41, 5.74) is 0.255. The molecule has 108 valence electrons. The largest absolute Gasteiger partial charge is 0.443 e. The van der Waals surface area contributed by atoms with E-state index in [4.69, 9.17) is 4.74 Å². The maximum Gasteiger partial charge on any atom is 0.417 e. The number of halogens is 1. The van der Waals surface area contributed by atoms with Crippen molar-refractivity contribution in [3.05, 3.63) is 35.6 Å². The van der Waals surface area contributed by atoms with Crippen molar-refractivity contribution in [1.29, 1.82) is 0 Å². The summed E-state index contributed by atoms with van der Waals surface area (Å²) in [5.74, 6) is -0.534. The Kier molecular flexibility index (Phi) is 3.79. The predicted octanol–water partition coefficient (Wildman–Crippen LogP) is 2.90. The van der Waals surface area contributed by atoms with Gasteiger partial charge in [-0.1, -0.05) is 12.1 Å². The van der Waals surface area contributed by atoms with E-state index in [0.717, 1.165) is 10.5 Å². The van der Waals surface area contributed by atoms with E-state index >= 15 is 0 Å². The molecule has 2 rings (SSSR count). The maximum absolute atomic E-state index is 12.8. The molecule has 1 saturated heterocycles. The molecule has 1 aliphatic rings. The number of nitrogens with zero attached hydrogens (tertiary/aromatic N) is 1. The van der Waals surface area contributed by atoms with Gasteiger partial charge in [0.25, 0.3) is 0 Å². The normalized spacial score (nSPS) is 18.7. The van der Waals surface area contributed by atoms with Gasteiger partial charge >= 0.3 is 6.09 Å². The quantitative estimate of drug-likeness (QED) is 0.782. The van der Waals surface area contributed by atoms with Crippen LogP contribution in [0.2, 0.25) is 0 Å². The molecule has 1 aromatic rings. The first-order chi connectivity index (χ1) is 9.26. The van der Waals surface area contributed by atoms with Gasteiger partial charge in [-0.3, -0.25) is 4.79 Å². The van der Waals surface area contributed by atoms with Crippen molar-refractivity contribution in [2.45, 2.75) is 45.3 Å². The number of benzene rings is 1. The number of hydrogen-bond acceptors (Lipinski definition) is 3. The van der Waals surface area contributed by atoms with Crippen LogP contribution in [-0.4, -0.2) is 28.5 Å². The molecule has 0 unspecified atom stereocenters. The van der Waals surface area contributed by atoms with Gasteiger partial charge in [0.2, 0.25) is 5.91 Å². The monoisotopic (exact) mass is 279 g/mol. The Morgan fingerprint density at radius 3 is 2.45 bits per heavy atom. The van der Waals surface area contributed by atoms with Crippen LogP contribution in [0.4, 0.5) is 9.18 Å². The first-order valence-corrected chi connectivity index (χ1v) is 6.56. The van der Waals surface area contributed by atoms with E-state index in [2.05, 4.69) is 0 Å². The lowest BCUT2D eigenvalue weighted by atomic mass is 9.95. The molecule has 1 fully saturated rings. The highest BCUT2D eigenvalue weighted by Crippen LogP contribution is 2.25. The smallest absolute Gasteiger partial charge is 0.417 e. The highest BCUT2D eigenvalue weighted by molar-refractivity contribution is 5.97. The molecule has 1 aromatic carbocycles. The van der Waals surface area contributed by atoms with E-state index in [0.29, 0.717) is 12.8 Å². The van der Waals surface area contributed by atoms with E-state index in [-0.39, 0.29) is 17.8 Å². The number of ether oxygens (including phenoxy) is 1. The predicted molar refractivity (Wildman–Crippen MR) is 71.6 cm³/mol. The summed E-state index contributed by atoms with van der Waals surface area (Å²) < 4.78 is 18.0. The topological polar surface area (TPSA) is 46.6 Å². The maximum atomic E-state index is 12.8. The summed E-state index contributed by atoms with van der Waals surface area (Å²) in [6.45, 7) is 5.26. The summed E-state index contributed by atoms with van der Waals surface area (Å²) in [4.78, 5) is 24.7. The zero-order valence-corrected chi connectivity index (χ0v) is 11.9. The molecule has 0 spiro atoms. The average Bonchev–Trinajstić information content (AvgIpc) is 2.28. The van der Waals surface area contributed by atoms with E-state index < -0.39 is 11.7 Å². The summed E-state index contributed by atoms with van der Waals surface area (Å²) >= 11 is 0. The van der Waals surface area contributed by atoms with Gasteiger partial charge in [-0.05, 0) is 44.9 Å².